The Hall–Kier alpha value is -11.5. The molecule has 406 valence electrons. The van der Waals surface area contributed by atoms with Crippen LogP contribution in [-0.4, -0.2) is 24.0 Å². The lowest BCUT2D eigenvalue weighted by Gasteiger charge is -2.17. The van der Waals surface area contributed by atoms with Gasteiger partial charge in [-0.2, -0.15) is 0 Å². The Morgan fingerprint density at radius 3 is 1.14 bits per heavy atom. The number of allylic oxidation sites excluding steroid dienone is 2. The summed E-state index contributed by atoms with van der Waals surface area (Å²) >= 11 is 0. The van der Waals surface area contributed by atoms with Crippen molar-refractivity contribution in [1.82, 2.24) is 18.3 Å². The summed E-state index contributed by atoms with van der Waals surface area (Å²) < 4.78 is 9.67. The zero-order valence-electron chi connectivity index (χ0n) is 47.7. The van der Waals surface area contributed by atoms with E-state index in [-0.39, 0.29) is 0 Å². The first-order valence-corrected chi connectivity index (χ1v) is 29.9. The van der Waals surface area contributed by atoms with Crippen molar-refractivity contribution in [2.75, 3.05) is 0 Å². The average Bonchev–Trinajstić information content (AvgIpc) is 2.20. The van der Waals surface area contributed by atoms with E-state index >= 15 is 0 Å². The van der Waals surface area contributed by atoms with E-state index in [1.807, 2.05) is 0 Å². The molecule has 4 heterocycles. The van der Waals surface area contributed by atoms with Gasteiger partial charge in [0.2, 0.25) is 0 Å². The Bertz CT molecular complexity index is 5750. The minimum Gasteiger partial charge on any atom is -0.309 e. The van der Waals surface area contributed by atoms with Crippen LogP contribution in [0, 0.1) is 0 Å². The van der Waals surface area contributed by atoms with Crippen molar-refractivity contribution in [3.05, 3.63) is 320 Å². The molecule has 4 aromatic heterocycles. The first-order chi connectivity index (χ1) is 43.0. The largest absolute Gasteiger partial charge is 0.309 e. The molecule has 17 aromatic rings. The predicted octanol–water partition coefficient (Wildman–Crippen LogP) is 21.3. The summed E-state index contributed by atoms with van der Waals surface area (Å²) in [5.74, 6) is 0. The van der Waals surface area contributed by atoms with Crippen LogP contribution in [0.3, 0.4) is 0 Å². The van der Waals surface area contributed by atoms with Crippen LogP contribution in [0.2, 0.25) is 0 Å². The molecule has 0 spiro atoms. The van der Waals surface area contributed by atoms with Crippen molar-refractivity contribution in [2.45, 2.75) is 6.92 Å². The van der Waals surface area contributed by atoms with Crippen molar-refractivity contribution in [3.8, 4) is 33.9 Å². The molecule has 0 saturated heterocycles. The Balaban J connectivity index is 0.823. The molecule has 0 saturated carbocycles. The molecule has 0 amide bonds. The molecule has 0 fully saturated rings. The van der Waals surface area contributed by atoms with Gasteiger partial charge in [0.25, 0.3) is 0 Å². The molecule has 87 heavy (non-hydrogen) atoms. The van der Waals surface area contributed by atoms with Gasteiger partial charge in [-0.05, 0) is 130 Å². The van der Waals surface area contributed by atoms with E-state index < -0.39 is 0 Å². The van der Waals surface area contributed by atoms with Gasteiger partial charge in [-0.1, -0.05) is 213 Å². The highest BCUT2D eigenvalue weighted by atomic mass is 15.0. The zero-order valence-corrected chi connectivity index (χ0v) is 47.7. The fraction of sp³-hybridized carbons (Fsp3) is 0.0122. The van der Waals surface area contributed by atoms with Crippen LogP contribution in [0.25, 0.3) is 149 Å². The van der Waals surface area contributed by atoms with Gasteiger partial charge in [-0.15, -0.1) is 0 Å². The lowest BCUT2D eigenvalue weighted by atomic mass is 9.91. The second-order valence-corrected chi connectivity index (χ2v) is 23.1. The van der Waals surface area contributed by atoms with E-state index in [9.17, 15) is 0 Å². The smallest absolute Gasteiger partial charge is 0.0791 e. The van der Waals surface area contributed by atoms with Crippen LogP contribution < -0.4 is 0 Å². The maximum Gasteiger partial charge on any atom is 0.0791 e. The van der Waals surface area contributed by atoms with Crippen LogP contribution in [0.15, 0.2) is 303 Å². The second kappa shape index (κ2) is 19.0. The van der Waals surface area contributed by atoms with E-state index in [0.717, 1.165) is 67.2 Å². The van der Waals surface area contributed by atoms with Gasteiger partial charge in [0.05, 0.1) is 55.5 Å². The number of aromatic nitrogens is 4. The maximum absolute atomic E-state index is 5.84. The third-order valence-corrected chi connectivity index (χ3v) is 18.5. The Morgan fingerprint density at radius 2 is 0.655 bits per heavy atom. The van der Waals surface area contributed by atoms with Crippen molar-refractivity contribution >= 4 is 121 Å². The van der Waals surface area contributed by atoms with Gasteiger partial charge in [0.1, 0.15) is 0 Å². The Kier molecular flexibility index (Phi) is 10.7. The SMILES string of the molecule is C=C(N=C(C1=C(C)c2cccc3c(-c4ccccc4)ccc1c23)c1cccc(-n2c3ccccc3c3ccc(-n4c5ccccc5c5ccccc54)cc32)c1)c1cccc(-n2c3ccccc3c3ccc(-n4c5ccccc5c5ccccc54)cc32)c1. The Labute approximate surface area is 501 Å². The highest BCUT2D eigenvalue weighted by Gasteiger charge is 2.29. The number of hydrogen-bond donors (Lipinski definition) is 0. The molecule has 13 aromatic carbocycles. The number of rotatable bonds is 9. The lowest BCUT2D eigenvalue weighted by molar-refractivity contribution is 1.15. The number of benzene rings is 13. The van der Waals surface area contributed by atoms with Crippen LogP contribution in [0.4, 0.5) is 0 Å². The zero-order chi connectivity index (χ0) is 57.4. The molecular weight excluding hydrogens is 1050 g/mol. The van der Waals surface area contributed by atoms with E-state index in [2.05, 4.69) is 316 Å². The van der Waals surface area contributed by atoms with Gasteiger partial charge in [0, 0.05) is 82.5 Å². The first kappa shape index (κ1) is 48.9. The minimum absolute atomic E-state index is 0.671. The fourth-order valence-corrected chi connectivity index (χ4v) is 14.7. The highest BCUT2D eigenvalue weighted by Crippen LogP contribution is 2.48. The second-order valence-electron chi connectivity index (χ2n) is 23.1. The van der Waals surface area contributed by atoms with E-state index in [4.69, 9.17) is 11.6 Å². The number of aliphatic imine (C=N–C) groups is 1. The first-order valence-electron chi connectivity index (χ1n) is 29.9. The number of nitrogens with zero attached hydrogens (tertiary/aromatic N) is 5. The molecule has 5 nitrogen and oxygen atoms in total. The third kappa shape index (κ3) is 7.30. The third-order valence-electron chi connectivity index (χ3n) is 18.5. The van der Waals surface area contributed by atoms with Gasteiger partial charge in [-0.3, -0.25) is 0 Å². The molecule has 0 radical (unpaired) electrons. The highest BCUT2D eigenvalue weighted by molar-refractivity contribution is 6.42. The normalized spacial score (nSPS) is 12.7. The monoisotopic (exact) mass is 1110 g/mol. The van der Waals surface area contributed by atoms with E-state index in [1.54, 1.807) is 0 Å². The standard InChI is InChI=1S/C82H53N5/c1-51-60-33-20-34-70-61(53-21-4-3-5-22-53)45-46-71(81(60)70)80(51)82(55-24-19-26-57(48-55)87-77-40-17-11-32-67(77)69-44-42-59(50-79(69)87)85-74-37-14-8-29-64(74)65-30-9-15-38-75(65)85)83-52(2)54-23-18-25-56(47-54)86-76-39-16-10-31-66(76)68-43-41-58(49-78(68)86)84-72-35-12-6-27-62(72)63-28-7-13-36-73(63)84/h3-50H,2H2,1H3. The quantitative estimate of drug-likeness (QED) is 0.129. The molecule has 0 atom stereocenters. The maximum atomic E-state index is 5.84. The van der Waals surface area contributed by atoms with Gasteiger partial charge >= 0.3 is 0 Å². The number of para-hydroxylation sites is 6. The fourth-order valence-electron chi connectivity index (χ4n) is 14.7. The van der Waals surface area contributed by atoms with Crippen molar-refractivity contribution < 1.29 is 0 Å². The van der Waals surface area contributed by atoms with E-state index in [0.29, 0.717) is 5.70 Å². The van der Waals surface area contributed by atoms with Gasteiger partial charge < -0.3 is 18.3 Å². The van der Waals surface area contributed by atoms with Crippen LogP contribution in [0.1, 0.15) is 29.2 Å². The van der Waals surface area contributed by atoms with Gasteiger partial charge in [-0.25, -0.2) is 4.99 Å². The lowest BCUT2D eigenvalue weighted by Crippen LogP contribution is -2.07. The van der Waals surface area contributed by atoms with Crippen LogP contribution >= 0.6 is 0 Å². The molecule has 1 aliphatic rings. The van der Waals surface area contributed by atoms with Crippen molar-refractivity contribution in [2.24, 2.45) is 4.99 Å². The molecule has 0 N–H and O–H groups in total. The predicted molar refractivity (Wildman–Crippen MR) is 368 cm³/mol. The molecule has 1 aliphatic carbocycles. The summed E-state index contributed by atoms with van der Waals surface area (Å²) in [5, 5.41) is 12.2. The summed E-state index contributed by atoms with van der Waals surface area (Å²) in [5.41, 5.74) is 24.1. The Morgan fingerprint density at radius 1 is 0.287 bits per heavy atom. The van der Waals surface area contributed by atoms with E-state index in [1.165, 1.54) is 104 Å². The summed E-state index contributed by atoms with van der Waals surface area (Å²) in [6.45, 7) is 7.16. The number of fused-ring (bicyclic) bond motifs is 12. The molecule has 0 bridgehead atoms. The van der Waals surface area contributed by atoms with Crippen LogP contribution in [0.5, 0.6) is 0 Å². The molecular formula is C82H53N5. The molecule has 18 rings (SSSR count). The van der Waals surface area contributed by atoms with Crippen molar-refractivity contribution in [3.63, 3.8) is 0 Å². The summed E-state index contributed by atoms with van der Waals surface area (Å²) in [4.78, 5) is 5.84. The summed E-state index contributed by atoms with van der Waals surface area (Å²) in [6.07, 6.45) is 0. The molecule has 0 aliphatic heterocycles. The van der Waals surface area contributed by atoms with Crippen molar-refractivity contribution in [1.29, 1.82) is 0 Å². The van der Waals surface area contributed by atoms with Gasteiger partial charge in [0.15, 0.2) is 0 Å². The summed E-state index contributed by atoms with van der Waals surface area (Å²) in [6, 6.07) is 106. The topological polar surface area (TPSA) is 32.1 Å². The average molecular weight is 1110 g/mol. The molecule has 5 heteroatoms. The number of hydrogen-bond acceptors (Lipinski definition) is 1. The molecule has 0 unspecified atom stereocenters. The summed E-state index contributed by atoms with van der Waals surface area (Å²) in [7, 11) is 0. The minimum atomic E-state index is 0.671. The van der Waals surface area contributed by atoms with Crippen LogP contribution in [-0.2, 0) is 0 Å².